The highest BCUT2D eigenvalue weighted by Crippen LogP contribution is 2.33. The normalized spacial score (nSPS) is 34.6. The van der Waals surface area contributed by atoms with Gasteiger partial charge in [0.15, 0.2) is 0 Å². The fourth-order valence-electron chi connectivity index (χ4n) is 1.96. The number of hydrogen-bond acceptors (Lipinski definition) is 1. The van der Waals surface area contributed by atoms with Crippen molar-refractivity contribution in [1.29, 1.82) is 0 Å². The van der Waals surface area contributed by atoms with E-state index in [1.165, 1.54) is 19.0 Å². The van der Waals surface area contributed by atoms with Gasteiger partial charge in [0.25, 0.3) is 0 Å². The van der Waals surface area contributed by atoms with Gasteiger partial charge in [0.2, 0.25) is 7.55 Å². The largest absolute Gasteiger partial charge is 0.334 e. The van der Waals surface area contributed by atoms with Crippen LogP contribution in [0.5, 0.6) is 0 Å². The minimum atomic E-state index is -1.44. The van der Waals surface area contributed by atoms with E-state index < -0.39 is 15.8 Å². The highest BCUT2D eigenvalue weighted by molar-refractivity contribution is 7.21. The molecule has 1 nitrogen and oxygen atoms in total. The van der Waals surface area contributed by atoms with E-state index >= 15 is 0 Å². The third kappa shape index (κ3) is 2.08. The molecule has 0 N–H and O–H groups in total. The van der Waals surface area contributed by atoms with Crippen LogP contribution in [0.1, 0.15) is 6.42 Å². The van der Waals surface area contributed by atoms with Crippen LogP contribution in [0, 0.1) is 0 Å². The Balaban J connectivity index is 2.73. The van der Waals surface area contributed by atoms with Crippen LogP contribution in [0.4, 0.5) is 0 Å². The first-order valence-corrected chi connectivity index (χ1v) is 11.4. The summed E-state index contributed by atoms with van der Waals surface area (Å²) >= 11 is 6.52. The molecule has 1 aliphatic rings. The van der Waals surface area contributed by atoms with Gasteiger partial charge in [0.05, 0.1) is 0 Å². The van der Waals surface area contributed by atoms with Crippen LogP contribution in [0.25, 0.3) is 0 Å². The molecule has 4 heteroatoms. The molecule has 0 spiro atoms. The van der Waals surface area contributed by atoms with Crippen LogP contribution >= 0.6 is 11.1 Å². The van der Waals surface area contributed by atoms with E-state index in [1.54, 1.807) is 0 Å². The van der Waals surface area contributed by atoms with Crippen molar-refractivity contribution in [2.75, 3.05) is 6.54 Å². The molecule has 0 aromatic rings. The Bertz CT molecular complexity index is 153. The van der Waals surface area contributed by atoms with Crippen LogP contribution in [0.15, 0.2) is 0 Å². The number of hydrogen-bond donors (Lipinski definition) is 0. The van der Waals surface area contributed by atoms with Crippen molar-refractivity contribution in [2.24, 2.45) is 0 Å². The Morgan fingerprint density at radius 3 is 2.09 bits per heavy atom. The van der Waals surface area contributed by atoms with E-state index in [0.717, 1.165) is 0 Å². The smallest absolute Gasteiger partial charge is 0.219 e. The van der Waals surface area contributed by atoms with Gasteiger partial charge < -0.3 is 4.23 Å². The SMILES string of the molecule is C[Si](C)(C)N1CCC[Si]1(C)Cl. The molecule has 1 aliphatic heterocycles. The zero-order chi connectivity index (χ0) is 8.70. The third-order valence-corrected chi connectivity index (χ3v) is 11.9. The fraction of sp³-hybridized carbons (Fsp3) is 1.00. The molecule has 1 rings (SSSR count). The van der Waals surface area contributed by atoms with E-state index in [2.05, 4.69) is 30.4 Å². The summed E-state index contributed by atoms with van der Waals surface area (Å²) in [7, 11) is -2.53. The zero-order valence-corrected chi connectivity index (χ0v) is 10.7. The Hall–Kier alpha value is 0.684. The molecule has 1 heterocycles. The van der Waals surface area contributed by atoms with Crippen LogP contribution < -0.4 is 0 Å². The Kier molecular flexibility index (Phi) is 2.55. The molecule has 0 aromatic heterocycles. The molecule has 1 fully saturated rings. The Labute approximate surface area is 76.6 Å². The van der Waals surface area contributed by atoms with Gasteiger partial charge in [0, 0.05) is 0 Å². The molecule has 1 atom stereocenters. The summed E-state index contributed by atoms with van der Waals surface area (Å²) in [6.45, 7) is 10.7. The average molecular weight is 208 g/mol. The third-order valence-electron chi connectivity index (χ3n) is 2.39. The summed E-state index contributed by atoms with van der Waals surface area (Å²) in [4.78, 5) is 0. The maximum Gasteiger partial charge on any atom is 0.219 e. The summed E-state index contributed by atoms with van der Waals surface area (Å²) in [6.07, 6.45) is 1.33. The van der Waals surface area contributed by atoms with Crippen molar-refractivity contribution in [2.45, 2.75) is 38.7 Å². The molecular formula is C7H18ClNSi2. The van der Waals surface area contributed by atoms with Gasteiger partial charge >= 0.3 is 0 Å². The molecule has 66 valence electrons. The summed E-state index contributed by atoms with van der Waals surface area (Å²) in [5.41, 5.74) is 0. The lowest BCUT2D eigenvalue weighted by atomic mass is 10.5. The second-order valence-electron chi connectivity index (χ2n) is 4.57. The van der Waals surface area contributed by atoms with Gasteiger partial charge in [-0.25, -0.2) is 0 Å². The monoisotopic (exact) mass is 207 g/mol. The van der Waals surface area contributed by atoms with Gasteiger partial charge in [0.1, 0.15) is 8.24 Å². The van der Waals surface area contributed by atoms with Gasteiger partial charge in [-0.2, -0.15) is 0 Å². The first-order chi connectivity index (χ1) is 4.84. The van der Waals surface area contributed by atoms with Crippen LogP contribution in [-0.2, 0) is 0 Å². The Morgan fingerprint density at radius 1 is 1.36 bits per heavy atom. The molecule has 11 heavy (non-hydrogen) atoms. The highest BCUT2D eigenvalue weighted by atomic mass is 35.6. The molecule has 0 bridgehead atoms. The second kappa shape index (κ2) is 2.87. The average Bonchev–Trinajstić information content (AvgIpc) is 2.06. The minimum Gasteiger partial charge on any atom is -0.334 e. The summed E-state index contributed by atoms with van der Waals surface area (Å²) in [5.74, 6) is 0. The predicted octanol–water partition coefficient (Wildman–Crippen LogP) is 2.84. The molecule has 0 aromatic carbocycles. The van der Waals surface area contributed by atoms with Crippen LogP contribution in [0.2, 0.25) is 32.2 Å². The van der Waals surface area contributed by atoms with Gasteiger partial charge in [-0.1, -0.05) is 19.6 Å². The maximum atomic E-state index is 6.52. The van der Waals surface area contributed by atoms with E-state index in [-0.39, 0.29) is 0 Å². The molecular weight excluding hydrogens is 190 g/mol. The second-order valence-corrected chi connectivity index (χ2v) is 15.7. The van der Waals surface area contributed by atoms with Gasteiger partial charge in [-0.15, -0.1) is 11.1 Å². The summed E-state index contributed by atoms with van der Waals surface area (Å²) in [6, 6.07) is 1.29. The van der Waals surface area contributed by atoms with E-state index in [9.17, 15) is 0 Å². The standard InChI is InChI=1S/C7H18ClNSi2/c1-10(2,3)9-6-5-7-11(9,4)8/h5-7H2,1-4H3. The van der Waals surface area contributed by atoms with E-state index in [4.69, 9.17) is 11.1 Å². The van der Waals surface area contributed by atoms with Crippen LogP contribution in [0.3, 0.4) is 0 Å². The van der Waals surface area contributed by atoms with Gasteiger partial charge in [-0.05, 0) is 25.6 Å². The predicted molar refractivity (Wildman–Crippen MR) is 56.9 cm³/mol. The quantitative estimate of drug-likeness (QED) is 0.472. The lowest BCUT2D eigenvalue weighted by Gasteiger charge is -2.37. The topological polar surface area (TPSA) is 3.24 Å². The summed E-state index contributed by atoms with van der Waals surface area (Å²) in [5, 5.41) is 0. The summed E-state index contributed by atoms with van der Waals surface area (Å²) < 4.78 is 2.65. The molecule has 0 saturated carbocycles. The number of nitrogens with zero attached hydrogens (tertiary/aromatic N) is 1. The lowest BCUT2D eigenvalue weighted by Crippen LogP contribution is -2.55. The lowest BCUT2D eigenvalue weighted by molar-refractivity contribution is 0.670. The van der Waals surface area contributed by atoms with E-state index in [0.29, 0.717) is 0 Å². The van der Waals surface area contributed by atoms with Crippen molar-refractivity contribution in [3.8, 4) is 0 Å². The Morgan fingerprint density at radius 2 is 1.91 bits per heavy atom. The molecule has 1 saturated heterocycles. The fourth-order valence-corrected chi connectivity index (χ4v) is 13.4. The molecule has 0 aliphatic carbocycles. The highest BCUT2D eigenvalue weighted by Gasteiger charge is 2.43. The van der Waals surface area contributed by atoms with Crippen molar-refractivity contribution in [3.05, 3.63) is 0 Å². The van der Waals surface area contributed by atoms with Crippen LogP contribution in [-0.4, -0.2) is 26.6 Å². The van der Waals surface area contributed by atoms with Crippen molar-refractivity contribution < 1.29 is 0 Å². The number of halogens is 1. The zero-order valence-electron chi connectivity index (χ0n) is 7.95. The van der Waals surface area contributed by atoms with Gasteiger partial charge in [-0.3, -0.25) is 0 Å². The molecule has 0 radical (unpaired) electrons. The minimum absolute atomic E-state index is 1.10. The first kappa shape index (κ1) is 9.77. The molecule has 1 unspecified atom stereocenters. The van der Waals surface area contributed by atoms with Crippen molar-refractivity contribution >= 4 is 26.9 Å². The molecule has 0 amide bonds. The maximum absolute atomic E-state index is 6.52. The first-order valence-electron chi connectivity index (χ1n) is 4.31. The number of rotatable bonds is 1. The van der Waals surface area contributed by atoms with Crippen molar-refractivity contribution in [1.82, 2.24) is 4.23 Å². The van der Waals surface area contributed by atoms with E-state index in [1.807, 2.05) is 0 Å². The van der Waals surface area contributed by atoms with Crippen molar-refractivity contribution in [3.63, 3.8) is 0 Å².